The maximum absolute atomic E-state index is 11.4. The fraction of sp³-hybridized carbons (Fsp3) is 0.111. The van der Waals surface area contributed by atoms with Crippen LogP contribution >= 0.6 is 15.9 Å². The van der Waals surface area contributed by atoms with Crippen molar-refractivity contribution in [3.63, 3.8) is 0 Å². The lowest BCUT2D eigenvalue weighted by molar-refractivity contribution is -0.385. The van der Waals surface area contributed by atoms with Gasteiger partial charge in [0.25, 0.3) is 11.6 Å². The average Bonchev–Trinajstić information content (AvgIpc) is 2.59. The molecule has 0 radical (unpaired) electrons. The highest BCUT2D eigenvalue weighted by molar-refractivity contribution is 9.10. The Balaban J connectivity index is 2.46. The van der Waals surface area contributed by atoms with Gasteiger partial charge in [-0.25, -0.2) is 9.69 Å². The number of hydrogen-bond acceptors (Lipinski definition) is 4. The van der Waals surface area contributed by atoms with Crippen LogP contribution in [0.1, 0.15) is 0 Å². The third-order valence-electron chi connectivity index (χ3n) is 2.23. The molecular formula is C9H6BrN3O4. The Kier molecular flexibility index (Phi) is 2.80. The summed E-state index contributed by atoms with van der Waals surface area (Å²) in [7, 11) is 0. The molecule has 0 saturated carbocycles. The van der Waals surface area contributed by atoms with Crippen LogP contribution in [0.5, 0.6) is 0 Å². The maximum Gasteiger partial charge on any atom is 0.329 e. The van der Waals surface area contributed by atoms with E-state index in [2.05, 4.69) is 21.2 Å². The van der Waals surface area contributed by atoms with Crippen molar-refractivity contribution in [2.75, 3.05) is 11.4 Å². The molecule has 1 saturated heterocycles. The molecule has 8 heteroatoms. The number of anilines is 1. The zero-order valence-corrected chi connectivity index (χ0v) is 9.93. The second-order valence-corrected chi connectivity index (χ2v) is 4.14. The van der Waals surface area contributed by atoms with Gasteiger partial charge in [-0.15, -0.1) is 0 Å². The van der Waals surface area contributed by atoms with Gasteiger partial charge in [0, 0.05) is 6.07 Å². The van der Waals surface area contributed by atoms with Crippen molar-refractivity contribution in [3.05, 3.63) is 32.8 Å². The van der Waals surface area contributed by atoms with Crippen LogP contribution in [-0.4, -0.2) is 23.4 Å². The fourth-order valence-corrected chi connectivity index (χ4v) is 1.86. The second-order valence-electron chi connectivity index (χ2n) is 3.28. The summed E-state index contributed by atoms with van der Waals surface area (Å²) in [5, 5.41) is 13.1. The Labute approximate surface area is 104 Å². The van der Waals surface area contributed by atoms with Gasteiger partial charge in [-0.1, -0.05) is 0 Å². The Morgan fingerprint density at radius 1 is 1.41 bits per heavy atom. The molecule has 2 rings (SSSR count). The van der Waals surface area contributed by atoms with Gasteiger partial charge in [0.15, 0.2) is 0 Å². The van der Waals surface area contributed by atoms with Gasteiger partial charge in [0.05, 0.1) is 21.6 Å². The van der Waals surface area contributed by atoms with Gasteiger partial charge in [-0.3, -0.25) is 14.9 Å². The Bertz CT molecular complexity index is 515. The number of halogens is 1. The zero-order chi connectivity index (χ0) is 12.6. The molecule has 0 unspecified atom stereocenters. The molecule has 88 valence electrons. The molecule has 17 heavy (non-hydrogen) atoms. The van der Waals surface area contributed by atoms with Crippen LogP contribution in [0.3, 0.4) is 0 Å². The topological polar surface area (TPSA) is 92.6 Å². The summed E-state index contributed by atoms with van der Waals surface area (Å²) in [6.45, 7) is -0.0945. The third kappa shape index (κ3) is 1.98. The summed E-state index contributed by atoms with van der Waals surface area (Å²) in [4.78, 5) is 33.8. The highest BCUT2D eigenvalue weighted by atomic mass is 79.9. The SMILES string of the molecule is O=C1CNC(=O)N1c1ccc(Br)c([N+](=O)[O-])c1. The number of carbonyl (C=O) groups is 2. The first-order chi connectivity index (χ1) is 8.00. The first-order valence-corrected chi connectivity index (χ1v) is 5.34. The summed E-state index contributed by atoms with van der Waals surface area (Å²) in [5.41, 5.74) is -0.0186. The highest BCUT2D eigenvalue weighted by Crippen LogP contribution is 2.30. The standard InChI is InChI=1S/C9H6BrN3O4/c10-6-2-1-5(3-7(6)13(16)17)12-8(14)4-11-9(12)15/h1-3H,4H2,(H,11,15). The number of nitrogens with one attached hydrogen (secondary N) is 1. The van der Waals surface area contributed by atoms with Crippen LogP contribution in [0.4, 0.5) is 16.2 Å². The molecule has 1 fully saturated rings. The first-order valence-electron chi connectivity index (χ1n) is 4.55. The van der Waals surface area contributed by atoms with Crippen LogP contribution in [-0.2, 0) is 4.79 Å². The molecule has 1 aliphatic rings. The van der Waals surface area contributed by atoms with E-state index >= 15 is 0 Å². The predicted octanol–water partition coefficient (Wildman–Crippen LogP) is 1.41. The smallest absolute Gasteiger partial charge is 0.328 e. The molecule has 7 nitrogen and oxygen atoms in total. The predicted molar refractivity (Wildman–Crippen MR) is 61.7 cm³/mol. The summed E-state index contributed by atoms with van der Waals surface area (Å²) in [5.74, 6) is -0.438. The number of rotatable bonds is 2. The molecule has 1 aromatic rings. The lowest BCUT2D eigenvalue weighted by Crippen LogP contribution is -2.30. The third-order valence-corrected chi connectivity index (χ3v) is 2.90. The molecule has 0 aromatic heterocycles. The first kappa shape index (κ1) is 11.5. The van der Waals surface area contributed by atoms with Gasteiger partial charge in [-0.2, -0.15) is 0 Å². The number of hydrogen-bond donors (Lipinski definition) is 1. The minimum atomic E-state index is -0.591. The highest BCUT2D eigenvalue weighted by Gasteiger charge is 2.31. The van der Waals surface area contributed by atoms with E-state index in [1.165, 1.54) is 18.2 Å². The summed E-state index contributed by atoms with van der Waals surface area (Å²) in [6.07, 6.45) is 0. The number of nitro groups is 1. The van der Waals surface area contributed by atoms with Crippen molar-refractivity contribution in [1.82, 2.24) is 5.32 Å². The monoisotopic (exact) mass is 299 g/mol. The molecule has 1 aromatic carbocycles. The van der Waals surface area contributed by atoms with E-state index in [1.54, 1.807) is 0 Å². The molecule has 0 aliphatic carbocycles. The molecular weight excluding hydrogens is 294 g/mol. The number of carbonyl (C=O) groups excluding carboxylic acids is 2. The van der Waals surface area contributed by atoms with Crippen molar-refractivity contribution in [1.29, 1.82) is 0 Å². The fourth-order valence-electron chi connectivity index (χ4n) is 1.46. The van der Waals surface area contributed by atoms with Gasteiger partial charge in [-0.05, 0) is 28.1 Å². The van der Waals surface area contributed by atoms with E-state index in [4.69, 9.17) is 0 Å². The van der Waals surface area contributed by atoms with Crippen molar-refractivity contribution >= 4 is 39.2 Å². The van der Waals surface area contributed by atoms with E-state index in [9.17, 15) is 19.7 Å². The lowest BCUT2D eigenvalue weighted by Gasteiger charge is -2.12. The van der Waals surface area contributed by atoms with Crippen molar-refractivity contribution in [3.8, 4) is 0 Å². The van der Waals surface area contributed by atoms with E-state index < -0.39 is 16.9 Å². The minimum Gasteiger partial charge on any atom is -0.328 e. The van der Waals surface area contributed by atoms with Crippen molar-refractivity contribution in [2.24, 2.45) is 0 Å². The molecule has 1 heterocycles. The van der Waals surface area contributed by atoms with E-state index in [1.807, 2.05) is 0 Å². The molecule has 1 aliphatic heterocycles. The summed E-state index contributed by atoms with van der Waals surface area (Å²) in [6, 6.07) is 3.48. The van der Waals surface area contributed by atoms with E-state index in [0.717, 1.165) is 4.90 Å². The molecule has 0 atom stereocenters. The number of urea groups is 1. The minimum absolute atomic E-state index is 0.0945. The van der Waals surface area contributed by atoms with Crippen LogP contribution in [0.15, 0.2) is 22.7 Å². The van der Waals surface area contributed by atoms with Gasteiger partial charge in [0.2, 0.25) is 0 Å². The van der Waals surface area contributed by atoms with Crippen molar-refractivity contribution in [2.45, 2.75) is 0 Å². The lowest BCUT2D eigenvalue weighted by atomic mass is 10.2. The number of imide groups is 1. The van der Waals surface area contributed by atoms with Crippen LogP contribution < -0.4 is 10.2 Å². The number of amides is 3. The van der Waals surface area contributed by atoms with Gasteiger partial charge < -0.3 is 5.32 Å². The normalized spacial score (nSPS) is 15.0. The molecule has 0 spiro atoms. The Hall–Kier alpha value is -1.96. The molecule has 1 N–H and O–H groups in total. The Morgan fingerprint density at radius 2 is 2.12 bits per heavy atom. The maximum atomic E-state index is 11.4. The van der Waals surface area contributed by atoms with E-state index in [-0.39, 0.29) is 17.9 Å². The van der Waals surface area contributed by atoms with Crippen LogP contribution in [0.2, 0.25) is 0 Å². The molecule has 3 amide bonds. The van der Waals surface area contributed by atoms with Gasteiger partial charge in [0.1, 0.15) is 0 Å². The summed E-state index contributed by atoms with van der Waals surface area (Å²) < 4.78 is 0.290. The second kappa shape index (κ2) is 4.13. The molecule has 0 bridgehead atoms. The average molecular weight is 300 g/mol. The number of benzene rings is 1. The van der Waals surface area contributed by atoms with Crippen molar-refractivity contribution < 1.29 is 14.5 Å². The van der Waals surface area contributed by atoms with Crippen LogP contribution in [0, 0.1) is 10.1 Å². The Morgan fingerprint density at radius 3 is 2.65 bits per heavy atom. The summed E-state index contributed by atoms with van der Waals surface area (Å²) >= 11 is 3.02. The van der Waals surface area contributed by atoms with E-state index in [0.29, 0.717) is 4.47 Å². The quantitative estimate of drug-likeness (QED) is 0.508. The van der Waals surface area contributed by atoms with Crippen LogP contribution in [0.25, 0.3) is 0 Å². The van der Waals surface area contributed by atoms with Gasteiger partial charge >= 0.3 is 6.03 Å². The number of nitro benzene ring substituents is 1. The zero-order valence-electron chi connectivity index (χ0n) is 8.34. The number of nitrogens with zero attached hydrogens (tertiary/aromatic N) is 2. The largest absolute Gasteiger partial charge is 0.329 e.